The highest BCUT2D eigenvalue weighted by Crippen LogP contribution is 2.26. The number of anilines is 1. The SMILES string of the molecule is Nc1nc(=O)n([C@H]2C[C@@H](O)[C@@H](O)[C@@H](CO)O2)cc1F. The molecule has 5 N–H and O–H groups in total. The standard InChI is InChI=1S/C10H14FN3O5/c11-4-2-14(10(18)13-9(4)12)7-1-5(16)8(17)6(3-15)19-7/h2,5-8,15-17H,1,3H2,(H2,12,13,18)/t5-,6-,7-,8-/m1/s1. The van der Waals surface area contributed by atoms with Crippen LogP contribution in [0.15, 0.2) is 11.0 Å². The fourth-order valence-electron chi connectivity index (χ4n) is 1.93. The Kier molecular flexibility index (Phi) is 3.80. The number of aliphatic hydroxyl groups is 3. The molecule has 19 heavy (non-hydrogen) atoms. The van der Waals surface area contributed by atoms with Gasteiger partial charge in [0.2, 0.25) is 0 Å². The van der Waals surface area contributed by atoms with E-state index in [1.807, 2.05) is 0 Å². The quantitative estimate of drug-likeness (QED) is 0.489. The Morgan fingerprint density at radius 3 is 2.89 bits per heavy atom. The lowest BCUT2D eigenvalue weighted by Crippen LogP contribution is -2.49. The summed E-state index contributed by atoms with van der Waals surface area (Å²) in [5.41, 5.74) is 4.31. The van der Waals surface area contributed by atoms with Crippen molar-refractivity contribution in [3.05, 3.63) is 22.5 Å². The summed E-state index contributed by atoms with van der Waals surface area (Å²) in [6.45, 7) is -0.547. The van der Waals surface area contributed by atoms with Crippen molar-refractivity contribution in [2.24, 2.45) is 0 Å². The third-order valence-corrected chi connectivity index (χ3v) is 2.97. The highest BCUT2D eigenvalue weighted by molar-refractivity contribution is 5.26. The maximum Gasteiger partial charge on any atom is 0.351 e. The van der Waals surface area contributed by atoms with Crippen LogP contribution >= 0.6 is 0 Å². The van der Waals surface area contributed by atoms with Crippen molar-refractivity contribution in [2.75, 3.05) is 12.3 Å². The number of hydrogen-bond acceptors (Lipinski definition) is 7. The van der Waals surface area contributed by atoms with Gasteiger partial charge in [-0.05, 0) is 0 Å². The van der Waals surface area contributed by atoms with Crippen molar-refractivity contribution in [2.45, 2.75) is 31.0 Å². The second kappa shape index (κ2) is 5.21. The predicted octanol–water partition coefficient (Wildman–Crippen LogP) is -2.03. The van der Waals surface area contributed by atoms with E-state index in [0.29, 0.717) is 0 Å². The molecule has 0 saturated carbocycles. The molecular formula is C10H14FN3O5. The number of nitrogens with zero attached hydrogens (tertiary/aromatic N) is 2. The van der Waals surface area contributed by atoms with Crippen LogP contribution < -0.4 is 11.4 Å². The summed E-state index contributed by atoms with van der Waals surface area (Å²) in [4.78, 5) is 14.9. The molecule has 8 nitrogen and oxygen atoms in total. The van der Waals surface area contributed by atoms with Gasteiger partial charge in [0.05, 0.1) is 18.9 Å². The number of ether oxygens (including phenoxy) is 1. The van der Waals surface area contributed by atoms with E-state index >= 15 is 0 Å². The Bertz CT molecular complexity index is 522. The Morgan fingerprint density at radius 1 is 1.58 bits per heavy atom. The molecule has 2 rings (SSSR count). The van der Waals surface area contributed by atoms with E-state index in [1.165, 1.54) is 0 Å². The van der Waals surface area contributed by atoms with Crippen molar-refractivity contribution in [1.29, 1.82) is 0 Å². The predicted molar refractivity (Wildman–Crippen MR) is 60.5 cm³/mol. The molecule has 1 aromatic heterocycles. The summed E-state index contributed by atoms with van der Waals surface area (Å²) in [5.74, 6) is -1.43. The molecule has 1 fully saturated rings. The van der Waals surface area contributed by atoms with Crippen LogP contribution in [0.25, 0.3) is 0 Å². The molecule has 1 saturated heterocycles. The molecule has 0 amide bonds. The van der Waals surface area contributed by atoms with Gasteiger partial charge in [0.15, 0.2) is 11.6 Å². The molecule has 0 bridgehead atoms. The molecule has 0 spiro atoms. The molecule has 106 valence electrons. The van der Waals surface area contributed by atoms with Crippen molar-refractivity contribution in [3.8, 4) is 0 Å². The topological polar surface area (TPSA) is 131 Å². The third-order valence-electron chi connectivity index (χ3n) is 2.97. The Hall–Kier alpha value is -1.55. The lowest BCUT2D eigenvalue weighted by atomic mass is 10.0. The summed E-state index contributed by atoms with van der Waals surface area (Å²) in [6.07, 6.45) is -3.91. The van der Waals surface area contributed by atoms with E-state index in [1.54, 1.807) is 0 Å². The summed E-state index contributed by atoms with van der Waals surface area (Å²) >= 11 is 0. The van der Waals surface area contributed by atoms with Crippen LogP contribution in [0.3, 0.4) is 0 Å². The molecule has 1 aliphatic rings. The maximum atomic E-state index is 13.3. The van der Waals surface area contributed by atoms with Crippen molar-refractivity contribution < 1.29 is 24.4 Å². The van der Waals surface area contributed by atoms with Gasteiger partial charge in [-0.3, -0.25) is 4.57 Å². The van der Waals surface area contributed by atoms with E-state index in [4.69, 9.17) is 15.6 Å². The smallest absolute Gasteiger partial charge is 0.351 e. The van der Waals surface area contributed by atoms with Crippen molar-refractivity contribution >= 4 is 5.82 Å². The van der Waals surface area contributed by atoms with Gasteiger partial charge >= 0.3 is 5.69 Å². The molecule has 2 heterocycles. The molecule has 0 aromatic carbocycles. The Balaban J connectivity index is 2.32. The highest BCUT2D eigenvalue weighted by atomic mass is 19.1. The first kappa shape index (κ1) is 13.9. The van der Waals surface area contributed by atoms with Crippen molar-refractivity contribution in [3.63, 3.8) is 0 Å². The largest absolute Gasteiger partial charge is 0.394 e. The van der Waals surface area contributed by atoms with Crippen molar-refractivity contribution in [1.82, 2.24) is 9.55 Å². The number of halogens is 1. The minimum absolute atomic E-state index is 0.136. The average molecular weight is 275 g/mol. The zero-order valence-electron chi connectivity index (χ0n) is 9.81. The molecule has 9 heteroatoms. The van der Waals surface area contributed by atoms with Crippen LogP contribution in [0.5, 0.6) is 0 Å². The number of hydrogen-bond donors (Lipinski definition) is 4. The van der Waals surface area contributed by atoms with Gasteiger partial charge in [-0.15, -0.1) is 0 Å². The van der Waals surface area contributed by atoms with Crippen LogP contribution in [0.1, 0.15) is 12.6 Å². The summed E-state index contributed by atoms with van der Waals surface area (Å²) < 4.78 is 19.4. The van der Waals surface area contributed by atoms with E-state index in [-0.39, 0.29) is 6.42 Å². The minimum atomic E-state index is -1.27. The molecular weight excluding hydrogens is 261 g/mol. The molecule has 0 unspecified atom stereocenters. The molecule has 4 atom stereocenters. The van der Waals surface area contributed by atoms with Crippen LogP contribution in [0, 0.1) is 5.82 Å². The maximum absolute atomic E-state index is 13.3. The molecule has 1 aromatic rings. The highest BCUT2D eigenvalue weighted by Gasteiger charge is 2.37. The lowest BCUT2D eigenvalue weighted by Gasteiger charge is -2.36. The lowest BCUT2D eigenvalue weighted by molar-refractivity contribution is -0.202. The van der Waals surface area contributed by atoms with E-state index < -0.39 is 48.5 Å². The first-order chi connectivity index (χ1) is 8.93. The number of aromatic nitrogens is 2. The second-order valence-electron chi connectivity index (χ2n) is 4.27. The zero-order valence-corrected chi connectivity index (χ0v) is 9.81. The number of rotatable bonds is 2. The Morgan fingerprint density at radius 2 is 2.26 bits per heavy atom. The molecule has 0 aliphatic carbocycles. The second-order valence-corrected chi connectivity index (χ2v) is 4.27. The van der Waals surface area contributed by atoms with Gasteiger partial charge in [-0.2, -0.15) is 4.98 Å². The van der Waals surface area contributed by atoms with Crippen LogP contribution in [-0.4, -0.2) is 49.8 Å². The number of nitrogens with two attached hydrogens (primary N) is 1. The minimum Gasteiger partial charge on any atom is -0.394 e. The van der Waals surface area contributed by atoms with Crippen LogP contribution in [0.4, 0.5) is 10.2 Å². The molecule has 0 radical (unpaired) electrons. The van der Waals surface area contributed by atoms with Gasteiger partial charge in [0, 0.05) is 6.42 Å². The van der Waals surface area contributed by atoms with E-state index in [0.717, 1.165) is 10.8 Å². The third kappa shape index (κ3) is 2.59. The van der Waals surface area contributed by atoms with Crippen LogP contribution in [0.2, 0.25) is 0 Å². The fraction of sp³-hybridized carbons (Fsp3) is 0.600. The zero-order chi connectivity index (χ0) is 14.2. The van der Waals surface area contributed by atoms with Gasteiger partial charge in [-0.25, -0.2) is 9.18 Å². The monoisotopic (exact) mass is 275 g/mol. The summed E-state index contributed by atoms with van der Waals surface area (Å²) in [6, 6.07) is 0. The van der Waals surface area contributed by atoms with Crippen LogP contribution in [-0.2, 0) is 4.74 Å². The normalized spacial score (nSPS) is 31.4. The first-order valence-electron chi connectivity index (χ1n) is 5.60. The van der Waals surface area contributed by atoms with Gasteiger partial charge in [0.1, 0.15) is 18.4 Å². The number of aliphatic hydroxyl groups excluding tert-OH is 3. The number of nitrogen functional groups attached to an aromatic ring is 1. The van der Waals surface area contributed by atoms with Gasteiger partial charge < -0.3 is 25.8 Å². The average Bonchev–Trinajstić information content (AvgIpc) is 2.37. The summed E-state index contributed by atoms with van der Waals surface area (Å²) in [7, 11) is 0. The first-order valence-corrected chi connectivity index (χ1v) is 5.60. The van der Waals surface area contributed by atoms with Gasteiger partial charge in [0.25, 0.3) is 0 Å². The van der Waals surface area contributed by atoms with E-state index in [2.05, 4.69) is 4.98 Å². The Labute approximate surface area is 106 Å². The van der Waals surface area contributed by atoms with Gasteiger partial charge in [-0.1, -0.05) is 0 Å². The fourth-order valence-corrected chi connectivity index (χ4v) is 1.93. The molecule has 1 aliphatic heterocycles. The van der Waals surface area contributed by atoms with E-state index in [9.17, 15) is 19.4 Å². The summed E-state index contributed by atoms with van der Waals surface area (Å²) in [5, 5.41) is 28.2.